The maximum atomic E-state index is 12.8. The van der Waals surface area contributed by atoms with Crippen LogP contribution >= 0.6 is 0 Å². The molecule has 0 heterocycles. The topological polar surface area (TPSA) is 35.5 Å². The third-order valence-corrected chi connectivity index (χ3v) is 13.4. The number of hydrogen-bond donors (Lipinski definition) is 0. The van der Waals surface area contributed by atoms with Gasteiger partial charge in [-0.3, -0.25) is 0 Å². The van der Waals surface area contributed by atoms with E-state index in [2.05, 4.69) is 59.6 Å². The van der Waals surface area contributed by atoms with Gasteiger partial charge in [0.25, 0.3) is 0 Å². The van der Waals surface area contributed by atoms with Gasteiger partial charge in [-0.2, -0.15) is 0 Å². The summed E-state index contributed by atoms with van der Waals surface area (Å²) in [5, 5.41) is 0.811. The number of methoxy groups -OCH3 is 2. The predicted octanol–water partition coefficient (Wildman–Crippen LogP) is 7.19. The highest BCUT2D eigenvalue weighted by Gasteiger charge is 2.49. The molecule has 0 saturated heterocycles. The fourth-order valence-electron chi connectivity index (χ4n) is 5.32. The lowest BCUT2D eigenvalue weighted by Crippen LogP contribution is -2.47. The van der Waals surface area contributed by atoms with Crippen LogP contribution in [0.2, 0.25) is 16.6 Å². The van der Waals surface area contributed by atoms with Crippen molar-refractivity contribution in [3.8, 4) is 5.75 Å². The van der Waals surface area contributed by atoms with Gasteiger partial charge in [0, 0.05) is 16.3 Å². The smallest absolute Gasteiger partial charge is 0.134 e. The summed E-state index contributed by atoms with van der Waals surface area (Å²) in [6.45, 7) is 13.5. The molecule has 0 bridgehead atoms. The van der Waals surface area contributed by atoms with Crippen LogP contribution in [-0.4, -0.2) is 28.2 Å². The van der Waals surface area contributed by atoms with Crippen molar-refractivity contribution in [2.24, 2.45) is 0 Å². The van der Waals surface area contributed by atoms with E-state index in [1.807, 2.05) is 42.5 Å². The highest BCUT2D eigenvalue weighted by atomic mass is 28.3. The highest BCUT2D eigenvalue weighted by Crippen LogP contribution is 2.50. The standard InChI is InChI=1S/C27H36O3Si/c1-19(2)31(20(3)4,21(5)6)25(18-28)26(22-12-10-9-11-13-22)27(30-8)23-14-16-24(29-7)17-15-23/h9-17,19-21H,1-8H3/b27-26+. The molecule has 0 saturated carbocycles. The maximum absolute atomic E-state index is 12.8. The van der Waals surface area contributed by atoms with Gasteiger partial charge >= 0.3 is 0 Å². The minimum Gasteiger partial charge on any atom is -0.497 e. The van der Waals surface area contributed by atoms with Crippen LogP contribution in [0.5, 0.6) is 5.75 Å². The van der Waals surface area contributed by atoms with E-state index in [-0.39, 0.29) is 0 Å². The molecule has 166 valence electrons. The number of hydrogen-bond acceptors (Lipinski definition) is 3. The van der Waals surface area contributed by atoms with Gasteiger partial charge in [-0.15, -0.1) is 0 Å². The van der Waals surface area contributed by atoms with Crippen LogP contribution in [0.4, 0.5) is 0 Å². The van der Waals surface area contributed by atoms with Crippen LogP contribution in [0.3, 0.4) is 0 Å². The van der Waals surface area contributed by atoms with E-state index in [0.29, 0.717) is 22.4 Å². The molecular formula is C27H36O3Si. The van der Waals surface area contributed by atoms with E-state index in [0.717, 1.165) is 27.6 Å². The number of allylic oxidation sites excluding steroid dienone is 2. The van der Waals surface area contributed by atoms with Crippen molar-refractivity contribution in [3.05, 3.63) is 70.9 Å². The van der Waals surface area contributed by atoms with Gasteiger partial charge in [0.05, 0.1) is 14.2 Å². The molecule has 0 radical (unpaired) electrons. The largest absolute Gasteiger partial charge is 0.497 e. The fourth-order valence-corrected chi connectivity index (χ4v) is 11.9. The Bertz CT molecular complexity index is 912. The Kier molecular flexibility index (Phi) is 8.49. The third-order valence-electron chi connectivity index (χ3n) is 6.50. The van der Waals surface area contributed by atoms with Gasteiger partial charge in [0.1, 0.15) is 25.5 Å². The second-order valence-electron chi connectivity index (χ2n) is 8.88. The molecule has 0 N–H and O–H groups in total. The monoisotopic (exact) mass is 436 g/mol. The average Bonchev–Trinajstić information content (AvgIpc) is 2.76. The van der Waals surface area contributed by atoms with Crippen LogP contribution in [0, 0.1) is 0 Å². The van der Waals surface area contributed by atoms with Gasteiger partial charge in [0.2, 0.25) is 0 Å². The molecule has 4 heteroatoms. The van der Waals surface area contributed by atoms with Gasteiger partial charge in [-0.05, 0) is 46.5 Å². The summed E-state index contributed by atoms with van der Waals surface area (Å²) in [5.41, 5.74) is 3.87. The Morgan fingerprint density at radius 1 is 0.774 bits per heavy atom. The SMILES string of the molecule is CO/C(=C(/C(=C=O)[Si](C(C)C)(C(C)C)C(C)C)c1ccccc1)c1ccc(OC)cc1. The van der Waals surface area contributed by atoms with Crippen LogP contribution in [-0.2, 0) is 9.53 Å². The molecule has 0 unspecified atom stereocenters. The first-order valence-corrected chi connectivity index (χ1v) is 13.2. The second kappa shape index (κ2) is 10.7. The predicted molar refractivity (Wildman–Crippen MR) is 134 cm³/mol. The van der Waals surface area contributed by atoms with Crippen molar-refractivity contribution in [1.29, 1.82) is 0 Å². The van der Waals surface area contributed by atoms with Gasteiger partial charge in [-0.1, -0.05) is 71.9 Å². The molecule has 0 fully saturated rings. The fraction of sp³-hybridized carbons (Fsp3) is 0.407. The summed E-state index contributed by atoms with van der Waals surface area (Å²) < 4.78 is 11.3. The Labute approximate surface area is 188 Å². The molecule has 2 rings (SSSR count). The summed E-state index contributed by atoms with van der Waals surface area (Å²) in [7, 11) is 1.02. The minimum absolute atomic E-state index is 0.372. The van der Waals surface area contributed by atoms with E-state index in [4.69, 9.17) is 9.47 Å². The third kappa shape index (κ3) is 4.71. The zero-order valence-corrected chi connectivity index (χ0v) is 21.2. The molecule has 31 heavy (non-hydrogen) atoms. The van der Waals surface area contributed by atoms with Crippen LogP contribution in [0.25, 0.3) is 11.3 Å². The zero-order valence-electron chi connectivity index (χ0n) is 20.2. The summed E-state index contributed by atoms with van der Waals surface area (Å²) in [6.07, 6.45) is 0. The molecule has 0 aliphatic carbocycles. The molecule has 0 aliphatic rings. The van der Waals surface area contributed by atoms with Crippen molar-refractivity contribution in [2.75, 3.05) is 14.2 Å². The molecule has 0 spiro atoms. The lowest BCUT2D eigenvalue weighted by Gasteiger charge is -2.44. The molecule has 2 aromatic carbocycles. The summed E-state index contributed by atoms with van der Waals surface area (Å²) >= 11 is 0. The normalized spacial score (nSPS) is 12.6. The molecule has 0 aliphatic heterocycles. The number of carbonyl (C=O) groups excluding carboxylic acids is 1. The lowest BCUT2D eigenvalue weighted by atomic mass is 10.0. The Hall–Kier alpha value is -2.55. The van der Waals surface area contributed by atoms with Crippen LogP contribution in [0.15, 0.2) is 59.8 Å². The highest BCUT2D eigenvalue weighted by molar-refractivity contribution is 6.93. The molecule has 0 amide bonds. The number of benzene rings is 2. The van der Waals surface area contributed by atoms with Gasteiger partial charge in [0.15, 0.2) is 0 Å². The van der Waals surface area contributed by atoms with E-state index in [1.165, 1.54) is 0 Å². The first-order chi connectivity index (χ1) is 14.7. The minimum atomic E-state index is -2.30. The summed E-state index contributed by atoms with van der Waals surface area (Å²) in [6, 6.07) is 17.9. The lowest BCUT2D eigenvalue weighted by molar-refractivity contribution is 0.371. The van der Waals surface area contributed by atoms with Gasteiger partial charge in [-0.25, -0.2) is 4.79 Å². The van der Waals surface area contributed by atoms with Crippen LogP contribution < -0.4 is 4.74 Å². The molecule has 0 aromatic heterocycles. The van der Waals surface area contributed by atoms with E-state index >= 15 is 0 Å². The molecule has 0 atom stereocenters. The quantitative estimate of drug-likeness (QED) is 0.137. The second-order valence-corrected chi connectivity index (χ2v) is 14.7. The van der Waals surface area contributed by atoms with E-state index in [9.17, 15) is 4.79 Å². The Morgan fingerprint density at radius 2 is 1.29 bits per heavy atom. The molecule has 3 nitrogen and oxygen atoms in total. The molecule has 2 aromatic rings. The first kappa shape index (κ1) is 24.7. The molecular weight excluding hydrogens is 400 g/mol. The van der Waals surface area contributed by atoms with E-state index in [1.54, 1.807) is 14.2 Å². The zero-order chi connectivity index (χ0) is 23.2. The van der Waals surface area contributed by atoms with Crippen LogP contribution in [0.1, 0.15) is 52.7 Å². The van der Waals surface area contributed by atoms with Crippen molar-refractivity contribution >= 4 is 25.3 Å². The van der Waals surface area contributed by atoms with Crippen molar-refractivity contribution in [1.82, 2.24) is 0 Å². The number of rotatable bonds is 9. The average molecular weight is 437 g/mol. The number of ether oxygens (including phenoxy) is 2. The maximum Gasteiger partial charge on any atom is 0.134 e. The first-order valence-electron chi connectivity index (χ1n) is 11.0. The Balaban J connectivity index is 2.96. The van der Waals surface area contributed by atoms with E-state index < -0.39 is 8.07 Å². The van der Waals surface area contributed by atoms with Crippen molar-refractivity contribution < 1.29 is 14.3 Å². The van der Waals surface area contributed by atoms with Crippen molar-refractivity contribution in [2.45, 2.75) is 58.2 Å². The van der Waals surface area contributed by atoms with Crippen molar-refractivity contribution in [3.63, 3.8) is 0 Å². The summed E-state index contributed by atoms with van der Waals surface area (Å²) in [4.78, 5) is 12.8. The van der Waals surface area contributed by atoms with Gasteiger partial charge < -0.3 is 9.47 Å². The summed E-state index contributed by atoms with van der Waals surface area (Å²) in [5.74, 6) is 3.94. The Morgan fingerprint density at radius 3 is 1.68 bits per heavy atom.